The van der Waals surface area contributed by atoms with Crippen LogP contribution >= 0.6 is 0 Å². The fourth-order valence-corrected chi connectivity index (χ4v) is 4.07. The molecule has 0 N–H and O–H groups in total. The molecule has 2 aromatic heterocycles. The molecular formula is C22H29FN4O2. The highest BCUT2D eigenvalue weighted by Gasteiger charge is 2.23. The SMILES string of the molecule is Cc1cc(/C(F)=C/c2ccc(N3CC(C)OC(C)C3)nc2)nn1C1CCCCO1. The van der Waals surface area contributed by atoms with Gasteiger partial charge in [-0.05, 0) is 69.9 Å². The van der Waals surface area contributed by atoms with E-state index < -0.39 is 0 Å². The summed E-state index contributed by atoms with van der Waals surface area (Å²) in [5.74, 6) is 0.518. The van der Waals surface area contributed by atoms with E-state index in [1.54, 1.807) is 16.9 Å². The van der Waals surface area contributed by atoms with Gasteiger partial charge in [0.25, 0.3) is 0 Å². The zero-order valence-corrected chi connectivity index (χ0v) is 17.3. The molecule has 3 atom stereocenters. The summed E-state index contributed by atoms with van der Waals surface area (Å²) in [5.41, 5.74) is 1.94. The molecule has 2 aliphatic heterocycles. The first-order valence-corrected chi connectivity index (χ1v) is 10.4. The third-order valence-electron chi connectivity index (χ3n) is 5.40. The van der Waals surface area contributed by atoms with E-state index in [0.717, 1.165) is 50.5 Å². The van der Waals surface area contributed by atoms with Gasteiger partial charge in [-0.25, -0.2) is 14.1 Å². The Bertz CT molecular complexity index is 848. The number of morpholine rings is 1. The van der Waals surface area contributed by atoms with E-state index in [0.29, 0.717) is 11.3 Å². The summed E-state index contributed by atoms with van der Waals surface area (Å²) in [6.45, 7) is 8.41. The molecule has 2 aliphatic rings. The first-order valence-electron chi connectivity index (χ1n) is 10.4. The summed E-state index contributed by atoms with van der Waals surface area (Å²) in [5, 5.41) is 4.44. The molecule has 4 heterocycles. The second kappa shape index (κ2) is 8.63. The van der Waals surface area contributed by atoms with Crippen molar-refractivity contribution in [2.75, 3.05) is 24.6 Å². The number of rotatable bonds is 4. The lowest BCUT2D eigenvalue weighted by atomic mass is 10.2. The molecule has 2 aromatic rings. The Kier molecular flexibility index (Phi) is 5.96. The minimum absolute atomic E-state index is 0.0930. The van der Waals surface area contributed by atoms with E-state index in [4.69, 9.17) is 9.47 Å². The normalized spacial score (nSPS) is 26.0. The molecule has 7 heteroatoms. The maximum absolute atomic E-state index is 14.8. The highest BCUT2D eigenvalue weighted by Crippen LogP contribution is 2.27. The van der Waals surface area contributed by atoms with Crippen molar-refractivity contribution < 1.29 is 13.9 Å². The van der Waals surface area contributed by atoms with Crippen LogP contribution in [0, 0.1) is 6.92 Å². The molecule has 0 aliphatic carbocycles. The molecule has 3 unspecified atom stereocenters. The molecule has 0 radical (unpaired) electrons. The van der Waals surface area contributed by atoms with Crippen molar-refractivity contribution in [3.63, 3.8) is 0 Å². The Labute approximate surface area is 171 Å². The molecule has 0 bridgehead atoms. The summed E-state index contributed by atoms with van der Waals surface area (Å²) < 4.78 is 28.2. The monoisotopic (exact) mass is 400 g/mol. The van der Waals surface area contributed by atoms with Gasteiger partial charge < -0.3 is 14.4 Å². The zero-order chi connectivity index (χ0) is 20.4. The van der Waals surface area contributed by atoms with Crippen molar-refractivity contribution in [3.8, 4) is 0 Å². The lowest BCUT2D eigenvalue weighted by Gasteiger charge is -2.36. The van der Waals surface area contributed by atoms with Gasteiger partial charge in [0.1, 0.15) is 17.7 Å². The fraction of sp³-hybridized carbons (Fsp3) is 0.545. The standard InChI is InChI=1S/C22H29FN4O2/c1-15-10-20(25-27(15)22-6-4-5-9-28-22)19(23)11-18-7-8-21(24-12-18)26-13-16(2)29-17(3)14-26/h7-8,10-12,16-17,22H,4-6,9,13-14H2,1-3H3/b19-11-. The van der Waals surface area contributed by atoms with Crippen LogP contribution in [0.1, 0.15) is 56.3 Å². The molecule has 2 saturated heterocycles. The van der Waals surface area contributed by atoms with E-state index in [9.17, 15) is 4.39 Å². The number of halogens is 1. The van der Waals surface area contributed by atoms with Crippen molar-refractivity contribution in [2.45, 2.75) is 58.5 Å². The third-order valence-corrected chi connectivity index (χ3v) is 5.40. The van der Waals surface area contributed by atoms with Gasteiger partial charge in [-0.15, -0.1) is 0 Å². The summed E-state index contributed by atoms with van der Waals surface area (Å²) in [4.78, 5) is 6.73. The summed E-state index contributed by atoms with van der Waals surface area (Å²) in [7, 11) is 0. The number of aryl methyl sites for hydroxylation is 1. The van der Waals surface area contributed by atoms with Gasteiger partial charge in [0, 0.05) is 31.6 Å². The number of anilines is 1. The summed E-state index contributed by atoms with van der Waals surface area (Å²) in [6.07, 6.45) is 6.53. The number of pyridine rings is 1. The Morgan fingerprint density at radius 2 is 2.00 bits per heavy atom. The van der Waals surface area contributed by atoms with Crippen LogP contribution in [0.5, 0.6) is 0 Å². The number of hydrogen-bond donors (Lipinski definition) is 0. The highest BCUT2D eigenvalue weighted by atomic mass is 19.1. The molecule has 29 heavy (non-hydrogen) atoms. The van der Waals surface area contributed by atoms with Crippen LogP contribution in [0.2, 0.25) is 0 Å². The third kappa shape index (κ3) is 4.67. The average molecular weight is 400 g/mol. The molecule has 0 amide bonds. The van der Waals surface area contributed by atoms with E-state index >= 15 is 0 Å². The van der Waals surface area contributed by atoms with Crippen molar-refractivity contribution in [1.29, 1.82) is 0 Å². The van der Waals surface area contributed by atoms with Crippen LogP contribution in [-0.2, 0) is 9.47 Å². The van der Waals surface area contributed by atoms with E-state index in [1.165, 1.54) is 6.08 Å². The summed E-state index contributed by atoms with van der Waals surface area (Å²) >= 11 is 0. The predicted octanol–water partition coefficient (Wildman–Crippen LogP) is 4.37. The van der Waals surface area contributed by atoms with Crippen LogP contribution in [0.4, 0.5) is 10.2 Å². The number of nitrogens with zero attached hydrogens (tertiary/aromatic N) is 4. The number of ether oxygens (including phenoxy) is 2. The number of aromatic nitrogens is 3. The van der Waals surface area contributed by atoms with Crippen molar-refractivity contribution in [3.05, 3.63) is 41.3 Å². The highest BCUT2D eigenvalue weighted by molar-refractivity contribution is 5.75. The predicted molar refractivity (Wildman–Crippen MR) is 111 cm³/mol. The minimum atomic E-state index is -0.370. The quantitative estimate of drug-likeness (QED) is 0.763. The van der Waals surface area contributed by atoms with Crippen molar-refractivity contribution in [2.24, 2.45) is 0 Å². The molecule has 2 fully saturated rings. The van der Waals surface area contributed by atoms with Gasteiger partial charge in [-0.1, -0.05) is 0 Å². The number of hydrogen-bond acceptors (Lipinski definition) is 5. The van der Waals surface area contributed by atoms with Gasteiger partial charge in [-0.3, -0.25) is 0 Å². The van der Waals surface area contributed by atoms with Gasteiger partial charge in [0.05, 0.1) is 12.2 Å². The second-order valence-corrected chi connectivity index (χ2v) is 8.04. The fourth-order valence-electron chi connectivity index (χ4n) is 4.07. The zero-order valence-electron chi connectivity index (χ0n) is 17.3. The molecule has 6 nitrogen and oxygen atoms in total. The van der Waals surface area contributed by atoms with Crippen LogP contribution < -0.4 is 4.90 Å². The molecule has 0 spiro atoms. The Morgan fingerprint density at radius 1 is 1.21 bits per heavy atom. The van der Waals surface area contributed by atoms with E-state index in [1.807, 2.05) is 19.1 Å². The molecular weight excluding hydrogens is 371 g/mol. The first-order chi connectivity index (χ1) is 14.0. The largest absolute Gasteiger partial charge is 0.372 e. The Morgan fingerprint density at radius 3 is 2.66 bits per heavy atom. The molecule has 4 rings (SSSR count). The Balaban J connectivity index is 1.48. The maximum atomic E-state index is 14.8. The Hall–Kier alpha value is -2.25. The lowest BCUT2D eigenvalue weighted by Crippen LogP contribution is -2.45. The topological polar surface area (TPSA) is 52.4 Å². The van der Waals surface area contributed by atoms with Crippen molar-refractivity contribution >= 4 is 17.7 Å². The first kappa shape index (κ1) is 20.0. The van der Waals surface area contributed by atoms with Crippen molar-refractivity contribution in [1.82, 2.24) is 14.8 Å². The van der Waals surface area contributed by atoms with Crippen LogP contribution in [0.3, 0.4) is 0 Å². The lowest BCUT2D eigenvalue weighted by molar-refractivity contribution is -0.0407. The second-order valence-electron chi connectivity index (χ2n) is 8.04. The summed E-state index contributed by atoms with van der Waals surface area (Å²) in [6, 6.07) is 5.59. The molecule has 0 saturated carbocycles. The molecule has 156 valence electrons. The van der Waals surface area contributed by atoms with Crippen LogP contribution in [-0.4, -0.2) is 46.7 Å². The van der Waals surface area contributed by atoms with Gasteiger partial charge >= 0.3 is 0 Å². The minimum Gasteiger partial charge on any atom is -0.372 e. The van der Waals surface area contributed by atoms with Crippen LogP contribution in [0.25, 0.3) is 11.9 Å². The van der Waals surface area contributed by atoms with Crippen LogP contribution in [0.15, 0.2) is 24.4 Å². The smallest absolute Gasteiger partial charge is 0.151 e. The molecule has 0 aromatic carbocycles. The van der Waals surface area contributed by atoms with Gasteiger partial charge in [-0.2, -0.15) is 5.10 Å². The van der Waals surface area contributed by atoms with Gasteiger partial charge in [0.15, 0.2) is 5.83 Å². The average Bonchev–Trinajstić information content (AvgIpc) is 3.10. The van der Waals surface area contributed by atoms with E-state index in [2.05, 4.69) is 28.8 Å². The van der Waals surface area contributed by atoms with Gasteiger partial charge in [0.2, 0.25) is 0 Å². The van der Waals surface area contributed by atoms with E-state index in [-0.39, 0.29) is 24.3 Å². The maximum Gasteiger partial charge on any atom is 0.151 e.